The van der Waals surface area contributed by atoms with Crippen LogP contribution in [0.1, 0.15) is 57.8 Å². The quantitative estimate of drug-likeness (QED) is 0.104. The third-order valence-electron chi connectivity index (χ3n) is 6.61. The number of hydrogen-bond donors (Lipinski definition) is 4. The number of rotatable bonds is 14. The Kier molecular flexibility index (Phi) is 16.7. The molecule has 13 nitrogen and oxygen atoms in total. The maximum absolute atomic E-state index is 13.2. The lowest BCUT2D eigenvalue weighted by Crippen LogP contribution is -2.45. The topological polar surface area (TPSA) is 171 Å². The molecular weight excluding hydrogens is 574 g/mol. The van der Waals surface area contributed by atoms with Crippen molar-refractivity contribution in [2.45, 2.75) is 63.8 Å². The number of carbonyl (C=O) groups is 2. The number of pyridine rings is 1. The number of hydroxylamine groups is 1. The highest BCUT2D eigenvalue weighted by Crippen LogP contribution is 2.26. The molecule has 2 aliphatic rings. The molecule has 2 heterocycles. The highest BCUT2D eigenvalue weighted by atomic mass is 32.2. The number of nitrogens with one attached hydrogen (secondary N) is 2. The van der Waals surface area contributed by atoms with Gasteiger partial charge in [0.25, 0.3) is 0 Å². The molecule has 0 aromatic carbocycles. The summed E-state index contributed by atoms with van der Waals surface area (Å²) >= 11 is 5.30. The maximum Gasteiger partial charge on any atom is 0.414 e. The monoisotopic (exact) mass is 617 g/mol. The summed E-state index contributed by atoms with van der Waals surface area (Å²) in [6.45, 7) is 5.09. The zero-order valence-electron chi connectivity index (χ0n) is 23.4. The van der Waals surface area contributed by atoms with E-state index >= 15 is 0 Å². The Bertz CT molecular complexity index is 1010. The van der Waals surface area contributed by atoms with E-state index in [0.717, 1.165) is 90.0 Å². The fourth-order valence-electron chi connectivity index (χ4n) is 4.45. The average molecular weight is 618 g/mol. The van der Waals surface area contributed by atoms with Crippen LogP contribution in [-0.2, 0) is 29.2 Å². The first-order valence-corrected chi connectivity index (χ1v) is 16.1. The van der Waals surface area contributed by atoms with Gasteiger partial charge in [-0.25, -0.2) is 18.0 Å². The Morgan fingerprint density at radius 3 is 2.32 bits per heavy atom. The van der Waals surface area contributed by atoms with Crippen molar-refractivity contribution in [3.05, 3.63) is 24.5 Å². The molecule has 0 spiro atoms. The first kappa shape index (κ1) is 34.8. The van der Waals surface area contributed by atoms with E-state index in [2.05, 4.69) is 20.5 Å². The first-order chi connectivity index (χ1) is 19.7. The molecule has 41 heavy (non-hydrogen) atoms. The lowest BCUT2D eigenvalue weighted by atomic mass is 9.96. The Labute approximate surface area is 247 Å². The lowest BCUT2D eigenvalue weighted by molar-refractivity contribution is -0.159. The predicted octanol–water partition coefficient (Wildman–Crippen LogP) is 2.31. The Balaban J connectivity index is 0.000000883. The number of nitrogens with zero attached hydrogens (tertiary/aromatic N) is 3. The number of morpholine rings is 1. The summed E-state index contributed by atoms with van der Waals surface area (Å²) in [6.07, 6.45) is 11.9. The van der Waals surface area contributed by atoms with Gasteiger partial charge in [0.05, 0.1) is 31.6 Å². The summed E-state index contributed by atoms with van der Waals surface area (Å²) in [5, 5.41) is 21.7. The van der Waals surface area contributed by atoms with Crippen LogP contribution in [0.4, 0.5) is 5.69 Å². The van der Waals surface area contributed by atoms with Crippen LogP contribution in [0.2, 0.25) is 0 Å². The van der Waals surface area contributed by atoms with Crippen molar-refractivity contribution < 1.29 is 37.8 Å². The molecule has 232 valence electrons. The van der Waals surface area contributed by atoms with Crippen molar-refractivity contribution in [3.63, 3.8) is 0 Å². The second-order valence-electron chi connectivity index (χ2n) is 9.79. The minimum Gasteiger partial charge on any atom is -0.473 e. The van der Waals surface area contributed by atoms with Crippen molar-refractivity contribution >= 4 is 45.0 Å². The van der Waals surface area contributed by atoms with Crippen LogP contribution in [-0.4, -0.2) is 108 Å². The number of anilines is 1. The van der Waals surface area contributed by atoms with Gasteiger partial charge in [-0.2, -0.15) is 0 Å². The summed E-state index contributed by atoms with van der Waals surface area (Å²) in [4.78, 5) is 30.4. The second-order valence-corrected chi connectivity index (χ2v) is 12.1. The number of carboxylic acids is 2. The van der Waals surface area contributed by atoms with Crippen molar-refractivity contribution in [1.29, 1.82) is 0 Å². The SMILES string of the molecule is O=C(O)C(=O)O.O=S(=O)(CCCCCCNC(=S)Nc1ccncc1)N(OCCN1CCOCC1)C1CCCCC1. The molecule has 0 bridgehead atoms. The number of aromatic nitrogens is 1. The largest absolute Gasteiger partial charge is 0.473 e. The molecule has 4 N–H and O–H groups in total. The molecule has 1 aromatic rings. The van der Waals surface area contributed by atoms with Gasteiger partial charge in [-0.15, -0.1) is 0 Å². The number of carboxylic acid groups (broad SMARTS) is 2. The van der Waals surface area contributed by atoms with Crippen LogP contribution in [0.15, 0.2) is 24.5 Å². The number of sulfonamides is 1. The summed E-state index contributed by atoms with van der Waals surface area (Å²) in [6, 6.07) is 3.69. The molecule has 0 radical (unpaired) electrons. The zero-order chi connectivity index (χ0) is 29.9. The number of hydrogen-bond acceptors (Lipinski definition) is 9. The van der Waals surface area contributed by atoms with Crippen LogP contribution in [0.3, 0.4) is 0 Å². The van der Waals surface area contributed by atoms with Crippen molar-refractivity contribution in [2.24, 2.45) is 0 Å². The standard InChI is InChI=1S/C24H41N5O4S2.C2H2O4/c30-35(31,21-7-2-1-6-12-26-24(34)27-22-10-13-25-14-11-22)29(23-8-4-3-5-9-23)33-20-17-28-15-18-32-19-16-28;3-1(4)2(5)6/h10-11,13-14,23H,1-9,12,15-21H2,(H2,25,26,27,34);(H,3,4)(H,5,6). The normalized spacial score (nSPS) is 16.4. The minimum atomic E-state index is -3.45. The number of aliphatic carboxylic acids is 2. The molecule has 0 atom stereocenters. The van der Waals surface area contributed by atoms with Gasteiger partial charge in [0.15, 0.2) is 5.11 Å². The summed E-state index contributed by atoms with van der Waals surface area (Å²) in [5.41, 5.74) is 0.900. The molecule has 15 heteroatoms. The Hall–Kier alpha value is -2.43. The molecule has 1 saturated heterocycles. The predicted molar refractivity (Wildman–Crippen MR) is 158 cm³/mol. The number of unbranched alkanes of at least 4 members (excludes halogenated alkanes) is 3. The molecule has 0 amide bonds. The van der Waals surface area contributed by atoms with E-state index in [1.54, 1.807) is 12.4 Å². The van der Waals surface area contributed by atoms with Crippen LogP contribution >= 0.6 is 12.2 Å². The van der Waals surface area contributed by atoms with Gasteiger partial charge in [-0.05, 0) is 50.0 Å². The van der Waals surface area contributed by atoms with Crippen LogP contribution in [0.25, 0.3) is 0 Å². The van der Waals surface area contributed by atoms with E-state index < -0.39 is 22.0 Å². The van der Waals surface area contributed by atoms with E-state index in [1.165, 1.54) is 10.9 Å². The summed E-state index contributed by atoms with van der Waals surface area (Å²) in [5.74, 6) is -3.51. The minimum absolute atomic E-state index is 0.0310. The third-order valence-corrected chi connectivity index (χ3v) is 8.62. The van der Waals surface area contributed by atoms with E-state index in [0.29, 0.717) is 18.1 Å². The molecule has 1 aliphatic carbocycles. The molecule has 1 aliphatic heterocycles. The molecule has 2 fully saturated rings. The molecule has 3 rings (SSSR count). The van der Waals surface area contributed by atoms with Gasteiger partial charge in [-0.3, -0.25) is 14.7 Å². The van der Waals surface area contributed by atoms with Gasteiger partial charge in [0, 0.05) is 44.3 Å². The molecule has 1 saturated carbocycles. The molecular formula is C26H43N5O8S2. The van der Waals surface area contributed by atoms with Gasteiger partial charge in [0.2, 0.25) is 10.0 Å². The smallest absolute Gasteiger partial charge is 0.414 e. The van der Waals surface area contributed by atoms with Gasteiger partial charge >= 0.3 is 11.9 Å². The van der Waals surface area contributed by atoms with Crippen molar-refractivity contribution in [2.75, 3.05) is 57.1 Å². The maximum atomic E-state index is 13.2. The Morgan fingerprint density at radius 1 is 1.05 bits per heavy atom. The van der Waals surface area contributed by atoms with Crippen LogP contribution < -0.4 is 10.6 Å². The first-order valence-electron chi connectivity index (χ1n) is 14.1. The highest BCUT2D eigenvalue weighted by molar-refractivity contribution is 7.88. The fraction of sp³-hybridized carbons (Fsp3) is 0.692. The molecule has 0 unspecified atom stereocenters. The highest BCUT2D eigenvalue weighted by Gasteiger charge is 2.32. The summed E-state index contributed by atoms with van der Waals surface area (Å²) < 4.78 is 33.1. The third kappa shape index (κ3) is 14.9. The van der Waals surface area contributed by atoms with Crippen LogP contribution in [0.5, 0.6) is 0 Å². The summed E-state index contributed by atoms with van der Waals surface area (Å²) in [7, 11) is -3.45. The number of ether oxygens (including phenoxy) is 1. The van der Waals surface area contributed by atoms with E-state index in [1.807, 2.05) is 12.1 Å². The van der Waals surface area contributed by atoms with Crippen LogP contribution in [0, 0.1) is 0 Å². The van der Waals surface area contributed by atoms with Crippen molar-refractivity contribution in [1.82, 2.24) is 19.7 Å². The van der Waals surface area contributed by atoms with Gasteiger partial charge in [-0.1, -0.05) is 36.6 Å². The zero-order valence-corrected chi connectivity index (χ0v) is 25.0. The second kappa shape index (κ2) is 19.6. The van der Waals surface area contributed by atoms with Gasteiger partial charge < -0.3 is 25.6 Å². The van der Waals surface area contributed by atoms with Crippen molar-refractivity contribution in [3.8, 4) is 0 Å². The average Bonchev–Trinajstić information content (AvgIpc) is 2.96. The van der Waals surface area contributed by atoms with E-state index in [-0.39, 0.29) is 11.8 Å². The van der Waals surface area contributed by atoms with Gasteiger partial charge in [0.1, 0.15) is 0 Å². The Morgan fingerprint density at radius 2 is 1.68 bits per heavy atom. The lowest BCUT2D eigenvalue weighted by Gasteiger charge is -2.33. The fourth-order valence-corrected chi connectivity index (χ4v) is 6.32. The molecule has 1 aromatic heterocycles. The number of thiocarbonyl (C=S) groups is 1. The van der Waals surface area contributed by atoms with E-state index in [4.69, 9.17) is 41.6 Å². The van der Waals surface area contributed by atoms with E-state index in [9.17, 15) is 8.42 Å².